The van der Waals surface area contributed by atoms with Crippen LogP contribution in [-0.4, -0.2) is 24.6 Å². The van der Waals surface area contributed by atoms with Gasteiger partial charge in [-0.1, -0.05) is 90.4 Å². The van der Waals surface area contributed by atoms with Gasteiger partial charge in [0.05, 0.1) is 6.61 Å². The molecule has 0 bridgehead atoms. The van der Waals surface area contributed by atoms with Crippen molar-refractivity contribution in [2.24, 2.45) is 0 Å². The Bertz CT molecular complexity index is 363. The second-order valence-electron chi connectivity index (χ2n) is 7.69. The second-order valence-corrected chi connectivity index (χ2v) is 7.69. The Labute approximate surface area is 160 Å². The minimum atomic E-state index is -0.827. The number of unbranched alkanes of at least 4 members (excludes halogenated alkanes) is 13. The summed E-state index contributed by atoms with van der Waals surface area (Å²) in [6, 6.07) is 0. The number of hydrogen-bond acceptors (Lipinski definition) is 4. The summed E-state index contributed by atoms with van der Waals surface area (Å²) in [4.78, 5) is 22.9. The van der Waals surface area contributed by atoms with Crippen molar-refractivity contribution >= 4 is 11.9 Å². The van der Waals surface area contributed by atoms with E-state index in [1.165, 1.54) is 77.0 Å². The molecule has 1 aliphatic carbocycles. The molecule has 0 heterocycles. The first-order chi connectivity index (χ1) is 12.7. The molecule has 0 aromatic rings. The molecule has 0 radical (unpaired) electrons. The minimum Gasteiger partial charge on any atom is -0.457 e. The van der Waals surface area contributed by atoms with Crippen molar-refractivity contribution in [3.63, 3.8) is 0 Å². The lowest BCUT2D eigenvalue weighted by molar-refractivity contribution is -0.173. The summed E-state index contributed by atoms with van der Waals surface area (Å²) in [5.41, 5.74) is 0. The highest BCUT2D eigenvalue weighted by Gasteiger charge is 2.26. The first kappa shape index (κ1) is 23.0. The summed E-state index contributed by atoms with van der Waals surface area (Å²) < 4.78 is 9.98. The molecule has 0 N–H and O–H groups in total. The number of hydrogen-bond donors (Lipinski definition) is 0. The quantitative estimate of drug-likeness (QED) is 0.187. The lowest BCUT2D eigenvalue weighted by Crippen LogP contribution is -2.30. The number of ether oxygens (including phenoxy) is 2. The van der Waals surface area contributed by atoms with Crippen molar-refractivity contribution in [1.82, 2.24) is 0 Å². The highest BCUT2D eigenvalue weighted by Crippen LogP contribution is 2.22. The lowest BCUT2D eigenvalue weighted by atomic mass is 9.96. The molecule has 0 saturated heterocycles. The van der Waals surface area contributed by atoms with Crippen LogP contribution in [0.5, 0.6) is 0 Å². The van der Waals surface area contributed by atoms with Crippen LogP contribution in [0.25, 0.3) is 0 Å². The zero-order valence-electron chi connectivity index (χ0n) is 16.9. The molecular formula is C22H40O4. The van der Waals surface area contributed by atoms with Gasteiger partial charge in [0.25, 0.3) is 0 Å². The third kappa shape index (κ3) is 12.3. The fraction of sp³-hybridized carbons (Fsp3) is 0.909. The largest absolute Gasteiger partial charge is 0.457 e. The van der Waals surface area contributed by atoms with E-state index >= 15 is 0 Å². The minimum absolute atomic E-state index is 0.0592. The third-order valence-electron chi connectivity index (χ3n) is 5.22. The average Bonchev–Trinajstić information content (AvgIpc) is 2.61. The van der Waals surface area contributed by atoms with E-state index < -0.39 is 11.9 Å². The van der Waals surface area contributed by atoms with Crippen LogP contribution in [0.4, 0.5) is 0 Å². The molecule has 0 spiro atoms. The van der Waals surface area contributed by atoms with Gasteiger partial charge >= 0.3 is 11.9 Å². The highest BCUT2D eigenvalue weighted by molar-refractivity contribution is 6.29. The first-order valence-electron chi connectivity index (χ1n) is 11.1. The smallest absolute Gasteiger partial charge is 0.417 e. The first-order valence-corrected chi connectivity index (χ1v) is 11.1. The van der Waals surface area contributed by atoms with E-state index in [1.807, 2.05) is 0 Å². The van der Waals surface area contributed by atoms with Crippen molar-refractivity contribution < 1.29 is 19.1 Å². The maximum absolute atomic E-state index is 11.5. The lowest BCUT2D eigenvalue weighted by Gasteiger charge is -2.24. The van der Waals surface area contributed by atoms with E-state index in [0.717, 1.165) is 32.1 Å². The molecule has 1 fully saturated rings. The Morgan fingerprint density at radius 3 is 1.58 bits per heavy atom. The van der Waals surface area contributed by atoms with Gasteiger partial charge in [0.2, 0.25) is 0 Å². The molecule has 4 nitrogen and oxygen atoms in total. The molecule has 1 rings (SSSR count). The second kappa shape index (κ2) is 16.1. The molecule has 0 amide bonds. The van der Waals surface area contributed by atoms with Crippen molar-refractivity contribution in [3.8, 4) is 0 Å². The van der Waals surface area contributed by atoms with Gasteiger partial charge in [-0.05, 0) is 25.7 Å². The highest BCUT2D eigenvalue weighted by atomic mass is 16.6. The number of esters is 2. The van der Waals surface area contributed by atoms with Crippen molar-refractivity contribution in [1.29, 1.82) is 0 Å². The predicted octanol–water partition coefficient (Wildman–Crippen LogP) is 6.11. The molecule has 1 saturated carbocycles. The van der Waals surface area contributed by atoms with Gasteiger partial charge in [-0.3, -0.25) is 0 Å². The SMILES string of the molecule is CCCCCCCCCCCCCCCCOC(=O)C(=O)OC1CCC1. The Hall–Kier alpha value is -1.06. The molecule has 0 atom stereocenters. The molecule has 1 aliphatic rings. The zero-order chi connectivity index (χ0) is 18.9. The standard InChI is InChI=1S/C22H40O4/c1-2-3-4-5-6-7-8-9-10-11-12-13-14-15-19-25-21(23)22(24)26-20-17-16-18-20/h20H,2-19H2,1H3. The summed E-state index contributed by atoms with van der Waals surface area (Å²) in [6.45, 7) is 2.59. The summed E-state index contributed by atoms with van der Waals surface area (Å²) in [5.74, 6) is -1.65. The van der Waals surface area contributed by atoms with Gasteiger partial charge in [0.1, 0.15) is 6.10 Å². The van der Waals surface area contributed by atoms with Crippen LogP contribution in [0.2, 0.25) is 0 Å². The van der Waals surface area contributed by atoms with Crippen LogP contribution in [0.3, 0.4) is 0 Å². The topological polar surface area (TPSA) is 52.6 Å². The Balaban J connectivity index is 1.75. The van der Waals surface area contributed by atoms with E-state index in [4.69, 9.17) is 9.47 Å². The molecule has 26 heavy (non-hydrogen) atoms. The van der Waals surface area contributed by atoms with Gasteiger partial charge < -0.3 is 9.47 Å². The number of rotatable bonds is 16. The summed E-state index contributed by atoms with van der Waals surface area (Å²) in [6.07, 6.45) is 20.9. The molecule has 0 aliphatic heterocycles. The molecule has 0 aromatic heterocycles. The van der Waals surface area contributed by atoms with Crippen LogP contribution in [-0.2, 0) is 19.1 Å². The summed E-state index contributed by atoms with van der Waals surface area (Å²) in [5, 5.41) is 0. The van der Waals surface area contributed by atoms with Crippen molar-refractivity contribution in [3.05, 3.63) is 0 Å². The Kier molecular flexibility index (Phi) is 14.3. The maximum atomic E-state index is 11.5. The van der Waals surface area contributed by atoms with Gasteiger partial charge in [-0.25, -0.2) is 9.59 Å². The summed E-state index contributed by atoms with van der Waals surface area (Å²) in [7, 11) is 0. The van der Waals surface area contributed by atoms with Crippen LogP contribution in [0.15, 0.2) is 0 Å². The van der Waals surface area contributed by atoms with Crippen molar-refractivity contribution in [2.75, 3.05) is 6.61 Å². The number of carbonyl (C=O) groups is 2. The molecule has 0 unspecified atom stereocenters. The molecular weight excluding hydrogens is 328 g/mol. The third-order valence-corrected chi connectivity index (χ3v) is 5.22. The van der Waals surface area contributed by atoms with Crippen molar-refractivity contribution in [2.45, 2.75) is 122 Å². The predicted molar refractivity (Wildman–Crippen MR) is 105 cm³/mol. The number of carbonyl (C=O) groups excluding carboxylic acids is 2. The monoisotopic (exact) mass is 368 g/mol. The average molecular weight is 369 g/mol. The molecule has 0 aromatic carbocycles. The molecule has 4 heteroatoms. The Morgan fingerprint density at radius 2 is 1.15 bits per heavy atom. The maximum Gasteiger partial charge on any atom is 0.417 e. The van der Waals surface area contributed by atoms with Crippen LogP contribution in [0, 0.1) is 0 Å². The van der Waals surface area contributed by atoms with Gasteiger partial charge in [-0.15, -0.1) is 0 Å². The normalized spacial score (nSPS) is 14.0. The van der Waals surface area contributed by atoms with E-state index in [9.17, 15) is 9.59 Å². The Morgan fingerprint density at radius 1 is 0.692 bits per heavy atom. The van der Waals surface area contributed by atoms with E-state index in [2.05, 4.69) is 6.92 Å². The van der Waals surface area contributed by atoms with E-state index in [0.29, 0.717) is 6.61 Å². The van der Waals surface area contributed by atoms with Crippen LogP contribution >= 0.6 is 0 Å². The van der Waals surface area contributed by atoms with Gasteiger partial charge in [0.15, 0.2) is 0 Å². The van der Waals surface area contributed by atoms with Gasteiger partial charge in [0, 0.05) is 0 Å². The zero-order valence-corrected chi connectivity index (χ0v) is 16.9. The van der Waals surface area contributed by atoms with E-state index in [1.54, 1.807) is 0 Å². The molecule has 152 valence electrons. The van der Waals surface area contributed by atoms with Crippen LogP contribution < -0.4 is 0 Å². The van der Waals surface area contributed by atoms with Gasteiger partial charge in [-0.2, -0.15) is 0 Å². The summed E-state index contributed by atoms with van der Waals surface area (Å²) >= 11 is 0. The fourth-order valence-electron chi connectivity index (χ4n) is 3.21. The fourth-order valence-corrected chi connectivity index (χ4v) is 3.21. The van der Waals surface area contributed by atoms with E-state index in [-0.39, 0.29) is 6.10 Å². The van der Waals surface area contributed by atoms with Crippen LogP contribution in [0.1, 0.15) is 116 Å².